The average molecular weight is 413 g/mol. The number of ether oxygens (including phenoxy) is 1. The van der Waals surface area contributed by atoms with Gasteiger partial charge in [-0.3, -0.25) is 4.99 Å². The maximum Gasteiger partial charge on any atom is 0.191 e. The Morgan fingerprint density at radius 3 is 2.60 bits per heavy atom. The van der Waals surface area contributed by atoms with E-state index in [1.54, 1.807) is 42.1 Å². The van der Waals surface area contributed by atoms with Crippen molar-refractivity contribution < 1.29 is 13.5 Å². The van der Waals surface area contributed by atoms with E-state index < -0.39 is 0 Å². The molecule has 0 radical (unpaired) electrons. The molecule has 0 bridgehead atoms. The van der Waals surface area contributed by atoms with E-state index in [0.29, 0.717) is 25.5 Å². The molecule has 0 spiro atoms. The quantitative estimate of drug-likeness (QED) is 0.439. The first-order chi connectivity index (χ1) is 14.5. The molecule has 0 saturated carbocycles. The van der Waals surface area contributed by atoms with Crippen LogP contribution in [0.25, 0.3) is 5.69 Å². The molecule has 1 heterocycles. The molecule has 2 aromatic carbocycles. The van der Waals surface area contributed by atoms with Gasteiger partial charge < -0.3 is 15.4 Å². The van der Waals surface area contributed by atoms with Crippen LogP contribution < -0.4 is 15.4 Å². The van der Waals surface area contributed by atoms with E-state index in [-0.39, 0.29) is 23.5 Å². The summed E-state index contributed by atoms with van der Waals surface area (Å²) in [5.74, 6) is 0.193. The van der Waals surface area contributed by atoms with Gasteiger partial charge in [-0.2, -0.15) is 5.10 Å². The molecule has 0 aliphatic carbocycles. The lowest BCUT2D eigenvalue weighted by atomic mass is 10.3. The lowest BCUT2D eigenvalue weighted by molar-refractivity contribution is 0.214. The Labute approximate surface area is 174 Å². The molecule has 0 saturated heterocycles. The molecule has 0 aliphatic heterocycles. The first kappa shape index (κ1) is 21.3. The van der Waals surface area contributed by atoms with Crippen LogP contribution in [0.2, 0.25) is 0 Å². The summed E-state index contributed by atoms with van der Waals surface area (Å²) < 4.78 is 34.0. The zero-order valence-corrected chi connectivity index (χ0v) is 17.0. The van der Waals surface area contributed by atoms with Crippen molar-refractivity contribution in [3.8, 4) is 11.4 Å². The molecule has 3 rings (SSSR count). The van der Waals surface area contributed by atoms with Gasteiger partial charge in [0.15, 0.2) is 17.5 Å². The third-order valence-electron chi connectivity index (χ3n) is 4.35. The van der Waals surface area contributed by atoms with Gasteiger partial charge in [-0.1, -0.05) is 12.1 Å². The third-order valence-corrected chi connectivity index (χ3v) is 4.35. The van der Waals surface area contributed by atoms with Crippen LogP contribution in [0.1, 0.15) is 12.6 Å². The number of hydrogen-bond donors (Lipinski definition) is 2. The Kier molecular flexibility index (Phi) is 7.37. The van der Waals surface area contributed by atoms with Crippen molar-refractivity contribution in [2.75, 3.05) is 20.1 Å². The minimum Gasteiger partial charge on any atom is -0.486 e. The fourth-order valence-electron chi connectivity index (χ4n) is 2.80. The Balaban J connectivity index is 1.42. The SMILES string of the molecule is CN=C(NCCc1ccn(-c2ccc(F)cc2)n1)NCC(C)Oc1ccccc1F. The topological polar surface area (TPSA) is 63.5 Å². The standard InChI is InChI=1S/C22H25F2N5O/c1-16(30-21-6-4-3-5-20(21)24)15-27-22(25-2)26-13-11-18-12-14-29(28-18)19-9-7-17(23)8-10-19/h3-10,12,14,16H,11,13,15H2,1-2H3,(H2,25,26,27). The van der Waals surface area contributed by atoms with Gasteiger partial charge in [0, 0.05) is 26.2 Å². The average Bonchev–Trinajstić information content (AvgIpc) is 3.21. The van der Waals surface area contributed by atoms with Gasteiger partial charge in [-0.25, -0.2) is 13.5 Å². The Morgan fingerprint density at radius 1 is 1.10 bits per heavy atom. The summed E-state index contributed by atoms with van der Waals surface area (Å²) in [6.07, 6.45) is 2.29. The van der Waals surface area contributed by atoms with Crippen molar-refractivity contribution in [1.82, 2.24) is 20.4 Å². The summed E-state index contributed by atoms with van der Waals surface area (Å²) in [6.45, 7) is 2.95. The van der Waals surface area contributed by atoms with Crippen molar-refractivity contribution in [2.24, 2.45) is 4.99 Å². The Hall–Kier alpha value is -3.42. The molecule has 0 aliphatic rings. The summed E-state index contributed by atoms with van der Waals surface area (Å²) in [7, 11) is 1.68. The van der Waals surface area contributed by atoms with E-state index >= 15 is 0 Å². The number of halogens is 2. The highest BCUT2D eigenvalue weighted by molar-refractivity contribution is 5.79. The Morgan fingerprint density at radius 2 is 1.87 bits per heavy atom. The first-order valence-corrected chi connectivity index (χ1v) is 9.71. The molecule has 8 heteroatoms. The second kappa shape index (κ2) is 10.4. The molecule has 6 nitrogen and oxygen atoms in total. The molecule has 3 aromatic rings. The lowest BCUT2D eigenvalue weighted by Gasteiger charge is -2.18. The normalized spacial score (nSPS) is 12.5. The summed E-state index contributed by atoms with van der Waals surface area (Å²) in [6, 6.07) is 14.4. The molecule has 1 aromatic heterocycles. The maximum absolute atomic E-state index is 13.7. The second-order valence-corrected chi connectivity index (χ2v) is 6.72. The van der Waals surface area contributed by atoms with Crippen LogP contribution in [-0.2, 0) is 6.42 Å². The van der Waals surface area contributed by atoms with Crippen molar-refractivity contribution in [1.29, 1.82) is 0 Å². The third kappa shape index (κ3) is 6.04. The van der Waals surface area contributed by atoms with Crippen molar-refractivity contribution >= 4 is 5.96 Å². The number of nitrogens with zero attached hydrogens (tertiary/aromatic N) is 3. The maximum atomic E-state index is 13.7. The summed E-state index contributed by atoms with van der Waals surface area (Å²) in [5, 5.41) is 10.9. The minimum absolute atomic E-state index is 0.228. The Bertz CT molecular complexity index is 972. The largest absolute Gasteiger partial charge is 0.486 e. The van der Waals surface area contributed by atoms with Gasteiger partial charge in [0.2, 0.25) is 0 Å². The molecule has 1 unspecified atom stereocenters. The zero-order valence-electron chi connectivity index (χ0n) is 17.0. The molecule has 30 heavy (non-hydrogen) atoms. The zero-order chi connectivity index (χ0) is 21.3. The van der Waals surface area contributed by atoms with Gasteiger partial charge >= 0.3 is 0 Å². The summed E-state index contributed by atoms with van der Waals surface area (Å²) >= 11 is 0. The number of guanidine groups is 1. The molecular formula is C22H25F2N5O. The number of para-hydroxylation sites is 1. The highest BCUT2D eigenvalue weighted by Crippen LogP contribution is 2.16. The minimum atomic E-state index is -0.382. The molecule has 1 atom stereocenters. The summed E-state index contributed by atoms with van der Waals surface area (Å²) in [5.41, 5.74) is 1.70. The van der Waals surface area contributed by atoms with Crippen LogP contribution in [-0.4, -0.2) is 42.0 Å². The fraction of sp³-hybridized carbons (Fsp3) is 0.273. The number of rotatable bonds is 8. The molecule has 0 amide bonds. The van der Waals surface area contributed by atoms with E-state index in [2.05, 4.69) is 20.7 Å². The molecule has 158 valence electrons. The van der Waals surface area contributed by atoms with E-state index in [4.69, 9.17) is 4.74 Å². The van der Waals surface area contributed by atoms with E-state index in [9.17, 15) is 8.78 Å². The molecular weight excluding hydrogens is 388 g/mol. The van der Waals surface area contributed by atoms with Crippen LogP contribution in [0, 0.1) is 11.6 Å². The van der Waals surface area contributed by atoms with E-state index in [0.717, 1.165) is 11.4 Å². The first-order valence-electron chi connectivity index (χ1n) is 9.71. The number of nitrogens with one attached hydrogen (secondary N) is 2. The van der Waals surface area contributed by atoms with Gasteiger partial charge in [-0.05, 0) is 49.4 Å². The van der Waals surface area contributed by atoms with Crippen molar-refractivity contribution in [2.45, 2.75) is 19.4 Å². The van der Waals surface area contributed by atoms with Gasteiger partial charge in [0.1, 0.15) is 11.9 Å². The second-order valence-electron chi connectivity index (χ2n) is 6.72. The van der Waals surface area contributed by atoms with E-state index in [1.165, 1.54) is 18.2 Å². The van der Waals surface area contributed by atoms with Crippen LogP contribution in [0.4, 0.5) is 8.78 Å². The van der Waals surface area contributed by atoms with Gasteiger partial charge in [-0.15, -0.1) is 0 Å². The van der Waals surface area contributed by atoms with Gasteiger partial charge in [0.05, 0.1) is 17.9 Å². The smallest absolute Gasteiger partial charge is 0.191 e. The van der Waals surface area contributed by atoms with E-state index in [1.807, 2.05) is 19.2 Å². The molecule has 0 fully saturated rings. The highest BCUT2D eigenvalue weighted by atomic mass is 19.1. The predicted molar refractivity (Wildman–Crippen MR) is 113 cm³/mol. The number of aliphatic imine (C=N–C) groups is 1. The monoisotopic (exact) mass is 413 g/mol. The van der Waals surface area contributed by atoms with Gasteiger partial charge in [0.25, 0.3) is 0 Å². The number of hydrogen-bond acceptors (Lipinski definition) is 3. The molecule has 2 N–H and O–H groups in total. The highest BCUT2D eigenvalue weighted by Gasteiger charge is 2.09. The lowest BCUT2D eigenvalue weighted by Crippen LogP contribution is -2.42. The fourth-order valence-corrected chi connectivity index (χ4v) is 2.80. The summed E-state index contributed by atoms with van der Waals surface area (Å²) in [4.78, 5) is 4.18. The van der Waals surface area contributed by atoms with Crippen LogP contribution in [0.15, 0.2) is 65.8 Å². The van der Waals surface area contributed by atoms with Crippen LogP contribution in [0.5, 0.6) is 5.75 Å². The number of aromatic nitrogens is 2. The van der Waals surface area contributed by atoms with Crippen molar-refractivity contribution in [3.05, 3.63) is 78.1 Å². The van der Waals surface area contributed by atoms with Crippen LogP contribution >= 0.6 is 0 Å². The predicted octanol–water partition coefficient (Wildman–Crippen LogP) is 3.33. The number of benzene rings is 2. The van der Waals surface area contributed by atoms with Crippen molar-refractivity contribution in [3.63, 3.8) is 0 Å². The van der Waals surface area contributed by atoms with Crippen LogP contribution in [0.3, 0.4) is 0 Å².